The number of imidazole rings is 1. The van der Waals surface area contributed by atoms with Crippen LogP contribution in [0, 0.1) is 0 Å². The molecule has 3 rings (SSSR count). The number of anilines is 1. The van der Waals surface area contributed by atoms with Gasteiger partial charge in [0.05, 0.1) is 11.6 Å². The number of ether oxygens (including phenoxy) is 2. The summed E-state index contributed by atoms with van der Waals surface area (Å²) in [6, 6.07) is 3.10. The van der Waals surface area contributed by atoms with Crippen molar-refractivity contribution in [2.45, 2.75) is 38.8 Å². The lowest BCUT2D eigenvalue weighted by molar-refractivity contribution is 0.0523. The van der Waals surface area contributed by atoms with Gasteiger partial charge in [-0.1, -0.05) is 0 Å². The Morgan fingerprint density at radius 3 is 2.81 bits per heavy atom. The van der Waals surface area contributed by atoms with Crippen LogP contribution in [0.4, 0.5) is 10.7 Å². The Morgan fingerprint density at radius 2 is 2.15 bits per heavy atom. The van der Waals surface area contributed by atoms with E-state index in [0.29, 0.717) is 42.4 Å². The second-order valence-corrected chi connectivity index (χ2v) is 7.23. The zero-order chi connectivity index (χ0) is 19.1. The molecule has 5 N–H and O–H groups in total. The lowest BCUT2D eigenvalue weighted by atomic mass is 10.1. The molecule has 1 aliphatic heterocycles. The molecule has 140 valence electrons. The molecule has 0 unspecified atom stereocenters. The number of hydrogen-bond donors (Lipinski definition) is 3. The second-order valence-electron chi connectivity index (χ2n) is 7.23. The monoisotopic (exact) mass is 361 g/mol. The number of nitrogens with zero attached hydrogens (tertiary/aromatic N) is 2. The number of carbonyl (C=O) groups is 2. The highest BCUT2D eigenvalue weighted by Gasteiger charge is 2.27. The SMILES string of the molecule is CC(C)(C)OC(=O)NCC[C@H]1COc2cc(C(N)=O)cc3nc(N)n1c23. The van der Waals surface area contributed by atoms with Gasteiger partial charge in [0.25, 0.3) is 0 Å². The summed E-state index contributed by atoms with van der Waals surface area (Å²) >= 11 is 0. The molecule has 0 spiro atoms. The first-order valence-corrected chi connectivity index (χ1v) is 8.36. The van der Waals surface area contributed by atoms with E-state index in [1.165, 1.54) is 0 Å². The topological polar surface area (TPSA) is 134 Å². The summed E-state index contributed by atoms with van der Waals surface area (Å²) in [5.41, 5.74) is 12.5. The van der Waals surface area contributed by atoms with Crippen LogP contribution in [0.25, 0.3) is 11.0 Å². The average molecular weight is 361 g/mol. The number of carbonyl (C=O) groups excluding carboxylic acids is 2. The third-order valence-corrected chi connectivity index (χ3v) is 4.00. The van der Waals surface area contributed by atoms with Crippen LogP contribution in [0.15, 0.2) is 12.1 Å². The highest BCUT2D eigenvalue weighted by Crippen LogP contribution is 2.37. The van der Waals surface area contributed by atoms with E-state index < -0.39 is 17.6 Å². The smallest absolute Gasteiger partial charge is 0.407 e. The van der Waals surface area contributed by atoms with Crippen LogP contribution in [0.2, 0.25) is 0 Å². The van der Waals surface area contributed by atoms with Gasteiger partial charge in [0.1, 0.15) is 23.5 Å². The standard InChI is InChI=1S/C17H23N5O4/c1-17(2,3)26-16(24)20-5-4-10-8-25-12-7-9(14(18)23)6-11-13(12)22(10)15(19)21-11/h6-7,10H,4-5,8H2,1-3H3,(H2,18,23)(H2,19,21)(H,20,24)/t10-/m0/s1. The Labute approximate surface area is 150 Å². The number of amides is 2. The van der Waals surface area contributed by atoms with Crippen LogP contribution in [-0.2, 0) is 4.74 Å². The number of rotatable bonds is 4. The molecule has 2 amide bonds. The third-order valence-electron chi connectivity index (χ3n) is 4.00. The molecule has 0 bridgehead atoms. The number of nitrogens with one attached hydrogen (secondary N) is 1. The fraction of sp³-hybridized carbons (Fsp3) is 0.471. The molecule has 26 heavy (non-hydrogen) atoms. The molecular formula is C17H23N5O4. The molecule has 0 saturated carbocycles. The van der Waals surface area contributed by atoms with E-state index in [0.717, 1.165) is 5.52 Å². The van der Waals surface area contributed by atoms with Gasteiger partial charge in [0, 0.05) is 12.1 Å². The Morgan fingerprint density at radius 1 is 1.42 bits per heavy atom. The van der Waals surface area contributed by atoms with E-state index >= 15 is 0 Å². The molecule has 0 fully saturated rings. The maximum atomic E-state index is 11.8. The van der Waals surface area contributed by atoms with Gasteiger partial charge in [0.15, 0.2) is 0 Å². The van der Waals surface area contributed by atoms with Crippen LogP contribution in [0.5, 0.6) is 5.75 Å². The Balaban J connectivity index is 1.76. The predicted molar refractivity (Wildman–Crippen MR) is 96.0 cm³/mol. The van der Waals surface area contributed by atoms with Gasteiger partial charge in [-0.05, 0) is 39.3 Å². The largest absolute Gasteiger partial charge is 0.489 e. The van der Waals surface area contributed by atoms with Crippen molar-refractivity contribution in [3.8, 4) is 5.75 Å². The normalized spacial score (nSPS) is 16.2. The number of alkyl carbamates (subject to hydrolysis) is 1. The summed E-state index contributed by atoms with van der Waals surface area (Å²) in [6.07, 6.45) is 0.121. The molecule has 0 radical (unpaired) electrons. The molecule has 2 heterocycles. The molecule has 1 aromatic heterocycles. The Kier molecular flexibility index (Phi) is 4.39. The molecule has 0 aliphatic carbocycles. The summed E-state index contributed by atoms with van der Waals surface area (Å²) in [5.74, 6) is 0.300. The number of benzene rings is 1. The van der Waals surface area contributed by atoms with E-state index in [2.05, 4.69) is 10.3 Å². The molecule has 0 saturated heterocycles. The van der Waals surface area contributed by atoms with Crippen LogP contribution in [0.1, 0.15) is 43.6 Å². The van der Waals surface area contributed by atoms with E-state index in [1.54, 1.807) is 12.1 Å². The van der Waals surface area contributed by atoms with Gasteiger partial charge in [-0.15, -0.1) is 0 Å². The Bertz CT molecular complexity index is 868. The van der Waals surface area contributed by atoms with Gasteiger partial charge < -0.3 is 30.8 Å². The van der Waals surface area contributed by atoms with Crippen LogP contribution in [-0.4, -0.2) is 40.3 Å². The summed E-state index contributed by atoms with van der Waals surface area (Å²) in [6.45, 7) is 6.17. The summed E-state index contributed by atoms with van der Waals surface area (Å²) in [4.78, 5) is 27.5. The van der Waals surface area contributed by atoms with Crippen molar-refractivity contribution in [2.24, 2.45) is 5.73 Å². The molecule has 9 heteroatoms. The minimum atomic E-state index is -0.552. The number of nitrogens with two attached hydrogens (primary N) is 2. The third kappa shape index (κ3) is 3.51. The number of nitrogen functional groups attached to an aromatic ring is 1. The van der Waals surface area contributed by atoms with E-state index in [4.69, 9.17) is 20.9 Å². The minimum Gasteiger partial charge on any atom is -0.489 e. The minimum absolute atomic E-state index is 0.0955. The predicted octanol–water partition coefficient (Wildman–Crippen LogP) is 1.57. The maximum absolute atomic E-state index is 11.8. The van der Waals surface area contributed by atoms with Crippen molar-refractivity contribution in [1.82, 2.24) is 14.9 Å². The van der Waals surface area contributed by atoms with E-state index in [9.17, 15) is 9.59 Å². The van der Waals surface area contributed by atoms with Crippen molar-refractivity contribution in [1.29, 1.82) is 0 Å². The first kappa shape index (κ1) is 17.8. The first-order chi connectivity index (χ1) is 12.2. The van der Waals surface area contributed by atoms with Gasteiger partial charge in [-0.3, -0.25) is 4.79 Å². The quantitative estimate of drug-likeness (QED) is 0.756. The highest BCUT2D eigenvalue weighted by molar-refractivity contribution is 5.99. The summed E-state index contributed by atoms with van der Waals surface area (Å²) < 4.78 is 12.9. The Hall–Kier alpha value is -2.97. The summed E-state index contributed by atoms with van der Waals surface area (Å²) in [5, 5.41) is 2.73. The van der Waals surface area contributed by atoms with Crippen LogP contribution < -0.4 is 21.5 Å². The molecule has 1 aromatic carbocycles. The van der Waals surface area contributed by atoms with Crippen molar-refractivity contribution in [3.63, 3.8) is 0 Å². The van der Waals surface area contributed by atoms with Gasteiger partial charge in [-0.2, -0.15) is 0 Å². The van der Waals surface area contributed by atoms with Crippen molar-refractivity contribution < 1.29 is 19.1 Å². The highest BCUT2D eigenvalue weighted by atomic mass is 16.6. The zero-order valence-corrected chi connectivity index (χ0v) is 15.0. The van der Waals surface area contributed by atoms with E-state index in [1.807, 2.05) is 25.3 Å². The second kappa shape index (κ2) is 6.40. The van der Waals surface area contributed by atoms with Crippen molar-refractivity contribution >= 4 is 29.0 Å². The first-order valence-electron chi connectivity index (χ1n) is 8.36. The molecule has 2 aromatic rings. The molecule has 1 atom stereocenters. The fourth-order valence-corrected chi connectivity index (χ4v) is 2.96. The van der Waals surface area contributed by atoms with Gasteiger partial charge in [-0.25, -0.2) is 9.78 Å². The van der Waals surface area contributed by atoms with Crippen LogP contribution in [0.3, 0.4) is 0 Å². The average Bonchev–Trinajstić information content (AvgIpc) is 2.85. The molecule has 9 nitrogen and oxygen atoms in total. The van der Waals surface area contributed by atoms with Crippen LogP contribution >= 0.6 is 0 Å². The lowest BCUT2D eigenvalue weighted by Gasteiger charge is -2.27. The van der Waals surface area contributed by atoms with Gasteiger partial charge >= 0.3 is 6.09 Å². The molecular weight excluding hydrogens is 338 g/mol. The van der Waals surface area contributed by atoms with Crippen molar-refractivity contribution in [2.75, 3.05) is 18.9 Å². The molecule has 1 aliphatic rings. The number of aromatic nitrogens is 2. The zero-order valence-electron chi connectivity index (χ0n) is 15.0. The number of primary amides is 1. The van der Waals surface area contributed by atoms with Crippen molar-refractivity contribution in [3.05, 3.63) is 17.7 Å². The van der Waals surface area contributed by atoms with E-state index in [-0.39, 0.29) is 6.04 Å². The summed E-state index contributed by atoms with van der Waals surface area (Å²) in [7, 11) is 0. The van der Waals surface area contributed by atoms with Gasteiger partial charge in [0.2, 0.25) is 11.9 Å². The fourth-order valence-electron chi connectivity index (χ4n) is 2.96. The number of hydrogen-bond acceptors (Lipinski definition) is 6. The lowest BCUT2D eigenvalue weighted by Crippen LogP contribution is -2.34. The maximum Gasteiger partial charge on any atom is 0.407 e.